The second-order valence-electron chi connectivity index (χ2n) is 9.07. The lowest BCUT2D eigenvalue weighted by molar-refractivity contribution is -0.143. The van der Waals surface area contributed by atoms with Crippen molar-refractivity contribution in [1.82, 2.24) is 9.80 Å². The highest BCUT2D eigenvalue weighted by atomic mass is 19.1. The van der Waals surface area contributed by atoms with Gasteiger partial charge in [-0.25, -0.2) is 4.39 Å². The number of carbonyl (C=O) groups excluding carboxylic acids is 2. The molecule has 3 aliphatic rings. The van der Waals surface area contributed by atoms with E-state index in [1.165, 1.54) is 0 Å². The minimum atomic E-state index is -1.17. The Morgan fingerprint density at radius 3 is 2.28 bits per heavy atom. The average Bonchev–Trinajstić information content (AvgIpc) is 3.76. The molecule has 5 rings (SSSR count). The molecular formula is C25H27FN2O4. The predicted octanol–water partition coefficient (Wildman–Crippen LogP) is 3.09. The minimum Gasteiger partial charge on any atom is -0.490 e. The number of halogens is 1. The molecule has 1 heterocycles. The zero-order valence-corrected chi connectivity index (χ0v) is 17.9. The fourth-order valence-corrected chi connectivity index (χ4v) is 4.05. The molecule has 2 aliphatic carbocycles. The normalized spacial score (nSPS) is 19.6. The van der Waals surface area contributed by atoms with E-state index >= 15 is 0 Å². The van der Waals surface area contributed by atoms with Gasteiger partial charge in [-0.05, 0) is 55.4 Å². The molecule has 1 aliphatic heterocycles. The van der Waals surface area contributed by atoms with Gasteiger partial charge in [0.15, 0.2) is 11.6 Å². The SMILES string of the molecule is O=C(c1ccc(-c2cccc(OCC3CC3)c2F)cc1)N1CCN(C(=O)C2(O)CC2)CC1. The van der Waals surface area contributed by atoms with Crippen molar-refractivity contribution in [2.75, 3.05) is 32.8 Å². The van der Waals surface area contributed by atoms with Gasteiger partial charge in [0.2, 0.25) is 0 Å². The van der Waals surface area contributed by atoms with Crippen molar-refractivity contribution >= 4 is 11.8 Å². The Hall–Kier alpha value is -2.93. The molecule has 0 atom stereocenters. The zero-order chi connectivity index (χ0) is 22.3. The van der Waals surface area contributed by atoms with Crippen LogP contribution in [-0.2, 0) is 4.79 Å². The van der Waals surface area contributed by atoms with Gasteiger partial charge >= 0.3 is 0 Å². The van der Waals surface area contributed by atoms with Crippen LogP contribution in [0.15, 0.2) is 42.5 Å². The summed E-state index contributed by atoms with van der Waals surface area (Å²) in [6, 6.07) is 12.0. The van der Waals surface area contributed by atoms with Crippen LogP contribution in [0.4, 0.5) is 4.39 Å². The molecule has 3 fully saturated rings. The Labute approximate surface area is 186 Å². The third kappa shape index (κ3) is 4.21. The van der Waals surface area contributed by atoms with Gasteiger partial charge < -0.3 is 19.6 Å². The zero-order valence-electron chi connectivity index (χ0n) is 17.9. The highest BCUT2D eigenvalue weighted by molar-refractivity contribution is 5.95. The number of hydrogen-bond donors (Lipinski definition) is 1. The fourth-order valence-electron chi connectivity index (χ4n) is 4.05. The monoisotopic (exact) mass is 438 g/mol. The third-order valence-electron chi connectivity index (χ3n) is 6.55. The number of ether oxygens (including phenoxy) is 1. The first-order valence-electron chi connectivity index (χ1n) is 11.3. The van der Waals surface area contributed by atoms with Gasteiger partial charge in [-0.15, -0.1) is 0 Å². The van der Waals surface area contributed by atoms with Gasteiger partial charge in [0.1, 0.15) is 5.60 Å². The number of carbonyl (C=O) groups is 2. The molecule has 168 valence electrons. The van der Waals surface area contributed by atoms with Crippen molar-refractivity contribution in [3.8, 4) is 16.9 Å². The van der Waals surface area contributed by atoms with Crippen molar-refractivity contribution in [1.29, 1.82) is 0 Å². The van der Waals surface area contributed by atoms with Crippen LogP contribution in [0, 0.1) is 11.7 Å². The molecule has 0 bridgehead atoms. The van der Waals surface area contributed by atoms with Gasteiger partial charge in [-0.3, -0.25) is 9.59 Å². The van der Waals surface area contributed by atoms with Crippen LogP contribution in [0.3, 0.4) is 0 Å². The van der Waals surface area contributed by atoms with E-state index in [-0.39, 0.29) is 23.4 Å². The Bertz CT molecular complexity index is 1020. The van der Waals surface area contributed by atoms with Crippen LogP contribution >= 0.6 is 0 Å². The molecule has 1 N–H and O–H groups in total. The highest BCUT2D eigenvalue weighted by Gasteiger charge is 2.50. The van der Waals surface area contributed by atoms with Gasteiger partial charge in [-0.1, -0.05) is 24.3 Å². The number of rotatable bonds is 6. The maximum atomic E-state index is 14.9. The molecule has 2 amide bonds. The molecule has 0 unspecified atom stereocenters. The lowest BCUT2D eigenvalue weighted by Gasteiger charge is -2.35. The largest absolute Gasteiger partial charge is 0.490 e. The highest BCUT2D eigenvalue weighted by Crippen LogP contribution is 2.37. The van der Waals surface area contributed by atoms with Crippen LogP contribution in [0.25, 0.3) is 11.1 Å². The van der Waals surface area contributed by atoms with E-state index in [1.807, 2.05) is 0 Å². The van der Waals surface area contributed by atoms with E-state index in [1.54, 1.807) is 52.3 Å². The quantitative estimate of drug-likeness (QED) is 0.753. The van der Waals surface area contributed by atoms with E-state index in [2.05, 4.69) is 0 Å². The molecule has 0 spiro atoms. The molecular weight excluding hydrogens is 411 g/mol. The van der Waals surface area contributed by atoms with Gasteiger partial charge in [0, 0.05) is 37.3 Å². The molecule has 1 saturated heterocycles. The first-order chi connectivity index (χ1) is 15.4. The van der Waals surface area contributed by atoms with Gasteiger partial charge in [0.25, 0.3) is 11.8 Å². The first-order valence-corrected chi connectivity index (χ1v) is 11.3. The van der Waals surface area contributed by atoms with E-state index in [0.717, 1.165) is 12.8 Å². The predicted molar refractivity (Wildman–Crippen MR) is 117 cm³/mol. The summed E-state index contributed by atoms with van der Waals surface area (Å²) in [5.41, 5.74) is 0.486. The average molecular weight is 438 g/mol. The maximum absolute atomic E-state index is 14.9. The summed E-state index contributed by atoms with van der Waals surface area (Å²) >= 11 is 0. The summed E-state index contributed by atoms with van der Waals surface area (Å²) in [7, 11) is 0. The van der Waals surface area contributed by atoms with Crippen molar-refractivity contribution in [3.05, 3.63) is 53.8 Å². The fraction of sp³-hybridized carbons (Fsp3) is 0.440. The summed E-state index contributed by atoms with van der Waals surface area (Å²) in [6.45, 7) is 2.24. The Balaban J connectivity index is 1.22. The number of hydrogen-bond acceptors (Lipinski definition) is 4. The standard InChI is InChI=1S/C25H27FN2O4/c26-22-20(2-1-3-21(22)32-16-17-4-5-17)18-6-8-19(9-7-18)23(29)27-12-14-28(15-13-27)24(30)25(31)10-11-25/h1-3,6-9,17,31H,4-5,10-16H2. The summed E-state index contributed by atoms with van der Waals surface area (Å²) < 4.78 is 20.6. The van der Waals surface area contributed by atoms with Crippen LogP contribution in [-0.4, -0.2) is 65.1 Å². The first kappa shape index (κ1) is 20.9. The van der Waals surface area contributed by atoms with Crippen molar-refractivity contribution < 1.29 is 23.8 Å². The summed E-state index contributed by atoms with van der Waals surface area (Å²) in [4.78, 5) is 28.5. The third-order valence-corrected chi connectivity index (χ3v) is 6.55. The van der Waals surface area contributed by atoms with Crippen molar-refractivity contribution in [2.45, 2.75) is 31.3 Å². The Morgan fingerprint density at radius 2 is 1.66 bits per heavy atom. The van der Waals surface area contributed by atoms with Crippen LogP contribution in [0.5, 0.6) is 5.75 Å². The smallest absolute Gasteiger partial charge is 0.254 e. The number of nitrogens with zero attached hydrogens (tertiary/aromatic N) is 2. The lowest BCUT2D eigenvalue weighted by atomic mass is 10.0. The molecule has 7 heteroatoms. The number of amides is 2. The topological polar surface area (TPSA) is 70.1 Å². The summed E-state index contributed by atoms with van der Waals surface area (Å²) in [5.74, 6) is 0.0834. The molecule has 2 aromatic rings. The van der Waals surface area contributed by atoms with Gasteiger partial charge in [-0.2, -0.15) is 0 Å². The van der Waals surface area contributed by atoms with Crippen LogP contribution in [0.1, 0.15) is 36.0 Å². The molecule has 0 aromatic heterocycles. The Morgan fingerprint density at radius 1 is 1.00 bits per heavy atom. The van der Waals surface area contributed by atoms with Crippen LogP contribution < -0.4 is 4.74 Å². The molecule has 2 saturated carbocycles. The Kier molecular flexibility index (Phi) is 5.37. The van der Waals surface area contributed by atoms with Gasteiger partial charge in [0.05, 0.1) is 6.61 Å². The summed E-state index contributed by atoms with van der Waals surface area (Å²) in [5, 5.41) is 10.0. The van der Waals surface area contributed by atoms with Crippen molar-refractivity contribution in [2.24, 2.45) is 5.92 Å². The molecule has 6 nitrogen and oxygen atoms in total. The molecule has 2 aromatic carbocycles. The molecule has 32 heavy (non-hydrogen) atoms. The second kappa shape index (κ2) is 8.20. The van der Waals surface area contributed by atoms with E-state index in [9.17, 15) is 19.1 Å². The van der Waals surface area contributed by atoms with Crippen LogP contribution in [0.2, 0.25) is 0 Å². The van der Waals surface area contributed by atoms with E-state index in [4.69, 9.17) is 4.74 Å². The number of piperazine rings is 1. The van der Waals surface area contributed by atoms with Crippen molar-refractivity contribution in [3.63, 3.8) is 0 Å². The lowest BCUT2D eigenvalue weighted by Crippen LogP contribution is -2.53. The summed E-state index contributed by atoms with van der Waals surface area (Å²) in [6.07, 6.45) is 3.33. The van der Waals surface area contributed by atoms with E-state index < -0.39 is 5.60 Å². The molecule has 0 radical (unpaired) electrons. The maximum Gasteiger partial charge on any atom is 0.254 e. The number of benzene rings is 2. The second-order valence-corrected chi connectivity index (χ2v) is 9.07. The minimum absolute atomic E-state index is 0.115. The number of aliphatic hydroxyl groups is 1. The van der Waals surface area contributed by atoms with E-state index in [0.29, 0.717) is 68.2 Å².